The number of amides is 2. The molecule has 0 bridgehead atoms. The molecule has 2 aromatic carbocycles. The number of nitrogens with zero attached hydrogens (tertiary/aromatic N) is 2. The maximum atomic E-state index is 14.2. The maximum Gasteiger partial charge on any atom is 0.573 e. The smallest absolute Gasteiger partial charge is 0.466 e. The second-order valence-electron chi connectivity index (χ2n) is 11.6. The normalized spacial score (nSPS) is 21.7. The van der Waals surface area contributed by atoms with E-state index in [1.54, 1.807) is 13.8 Å². The molecule has 2 amide bonds. The zero-order valence-corrected chi connectivity index (χ0v) is 25.9. The summed E-state index contributed by atoms with van der Waals surface area (Å²) in [5.41, 5.74) is -1.24. The minimum Gasteiger partial charge on any atom is -0.466 e. The SMILES string of the molecule is CCOC(=O)C[C@H]1CC[C@H](C(=O)N(CC)c2ccc(OC(F)(F)F)cc2CN2C(=O)O[C@H](c3cc(F)cc(C(F)(F)F)c3)[C@@H]2C)CC1. The van der Waals surface area contributed by atoms with Gasteiger partial charge in [-0.25, -0.2) is 9.18 Å². The van der Waals surface area contributed by atoms with Crippen LogP contribution in [0.5, 0.6) is 5.75 Å². The largest absolute Gasteiger partial charge is 0.573 e. The Morgan fingerprint density at radius 3 is 2.28 bits per heavy atom. The number of alkyl halides is 6. The summed E-state index contributed by atoms with van der Waals surface area (Å²) in [4.78, 5) is 41.1. The van der Waals surface area contributed by atoms with E-state index < -0.39 is 60.4 Å². The first-order valence-electron chi connectivity index (χ1n) is 15.2. The van der Waals surface area contributed by atoms with Gasteiger partial charge in [-0.05, 0) is 99.9 Å². The lowest BCUT2D eigenvalue weighted by atomic mass is 9.80. The number of rotatable bonds is 10. The molecule has 2 fully saturated rings. The van der Waals surface area contributed by atoms with Crippen molar-refractivity contribution in [1.29, 1.82) is 0 Å². The van der Waals surface area contributed by atoms with E-state index >= 15 is 0 Å². The predicted octanol–water partition coefficient (Wildman–Crippen LogP) is 7.94. The van der Waals surface area contributed by atoms with Gasteiger partial charge in [-0.15, -0.1) is 13.2 Å². The van der Waals surface area contributed by atoms with Gasteiger partial charge in [0, 0.05) is 24.6 Å². The van der Waals surface area contributed by atoms with Crippen LogP contribution in [0.15, 0.2) is 36.4 Å². The van der Waals surface area contributed by atoms with Gasteiger partial charge in [0.2, 0.25) is 5.91 Å². The summed E-state index contributed by atoms with van der Waals surface area (Å²) in [6.07, 6.45) is -9.82. The molecule has 1 aliphatic carbocycles. The van der Waals surface area contributed by atoms with Gasteiger partial charge in [0.15, 0.2) is 0 Å². The van der Waals surface area contributed by atoms with E-state index in [9.17, 15) is 45.1 Å². The second kappa shape index (κ2) is 14.4. The van der Waals surface area contributed by atoms with E-state index in [2.05, 4.69) is 4.74 Å². The van der Waals surface area contributed by atoms with Gasteiger partial charge in [0.1, 0.15) is 17.7 Å². The van der Waals surface area contributed by atoms with Crippen molar-refractivity contribution >= 4 is 23.7 Å². The second-order valence-corrected chi connectivity index (χ2v) is 11.6. The van der Waals surface area contributed by atoms with E-state index in [0.717, 1.165) is 23.1 Å². The lowest BCUT2D eigenvalue weighted by molar-refractivity contribution is -0.274. The molecule has 1 saturated heterocycles. The van der Waals surface area contributed by atoms with Gasteiger partial charge in [-0.1, -0.05) is 0 Å². The molecule has 47 heavy (non-hydrogen) atoms. The first kappa shape index (κ1) is 35.8. The Labute approximate surface area is 266 Å². The molecule has 1 aliphatic heterocycles. The zero-order valence-electron chi connectivity index (χ0n) is 25.9. The standard InChI is InChI=1S/C32H35F7N2O6/c1-4-40(29(43)20-8-6-19(7-9-20)12-27(42)45-5-2)26-11-10-25(47-32(37,38)39)15-22(26)17-41-18(3)28(46-30(41)44)21-13-23(31(34,35)36)16-24(33)14-21/h10-11,13-16,18-20,28H,4-9,12,17H2,1-3H3/t18-,19-,20-,28-/m0/s1. The number of hydrogen-bond donors (Lipinski definition) is 0. The van der Waals surface area contributed by atoms with Crippen LogP contribution in [0.2, 0.25) is 0 Å². The number of benzene rings is 2. The molecule has 0 unspecified atom stereocenters. The molecular weight excluding hydrogens is 641 g/mol. The third-order valence-electron chi connectivity index (χ3n) is 8.42. The van der Waals surface area contributed by atoms with Crippen molar-refractivity contribution in [3.63, 3.8) is 0 Å². The van der Waals surface area contributed by atoms with Crippen molar-refractivity contribution < 1.29 is 59.3 Å². The summed E-state index contributed by atoms with van der Waals surface area (Å²) in [6, 6.07) is 4.16. The fraction of sp³-hybridized carbons (Fsp3) is 0.531. The molecule has 8 nitrogen and oxygen atoms in total. The fourth-order valence-electron chi connectivity index (χ4n) is 6.17. The van der Waals surface area contributed by atoms with Crippen LogP contribution in [0.1, 0.15) is 75.7 Å². The van der Waals surface area contributed by atoms with Crippen LogP contribution in [0.3, 0.4) is 0 Å². The van der Waals surface area contributed by atoms with Crippen LogP contribution < -0.4 is 9.64 Å². The molecule has 0 radical (unpaired) electrons. The van der Waals surface area contributed by atoms with Crippen molar-refractivity contribution in [2.75, 3.05) is 18.1 Å². The lowest BCUT2D eigenvalue weighted by Crippen LogP contribution is -2.39. The highest BCUT2D eigenvalue weighted by Gasteiger charge is 2.42. The Hall–Kier alpha value is -4.04. The van der Waals surface area contributed by atoms with Crippen molar-refractivity contribution in [3.05, 3.63) is 58.9 Å². The lowest BCUT2D eigenvalue weighted by Gasteiger charge is -2.33. The summed E-state index contributed by atoms with van der Waals surface area (Å²) in [7, 11) is 0. The van der Waals surface area contributed by atoms with Gasteiger partial charge in [0.25, 0.3) is 0 Å². The van der Waals surface area contributed by atoms with Crippen molar-refractivity contribution in [2.45, 2.75) is 84.1 Å². The van der Waals surface area contributed by atoms with Crippen LogP contribution in [-0.4, -0.2) is 48.4 Å². The minimum absolute atomic E-state index is 0.0588. The number of ether oxygens (including phenoxy) is 3. The molecule has 15 heteroatoms. The summed E-state index contributed by atoms with van der Waals surface area (Å²) in [5, 5.41) is 0. The molecule has 0 aromatic heterocycles. The highest BCUT2D eigenvalue weighted by molar-refractivity contribution is 5.96. The molecule has 2 atom stereocenters. The van der Waals surface area contributed by atoms with Crippen LogP contribution in [0, 0.1) is 17.7 Å². The first-order chi connectivity index (χ1) is 22.0. The zero-order chi connectivity index (χ0) is 34.7. The Morgan fingerprint density at radius 1 is 1.00 bits per heavy atom. The van der Waals surface area contributed by atoms with Crippen LogP contribution >= 0.6 is 0 Å². The van der Waals surface area contributed by atoms with Crippen LogP contribution in [-0.2, 0) is 31.8 Å². The maximum absolute atomic E-state index is 14.2. The highest BCUT2D eigenvalue weighted by Crippen LogP contribution is 2.40. The molecule has 0 spiro atoms. The van der Waals surface area contributed by atoms with E-state index in [4.69, 9.17) is 9.47 Å². The Morgan fingerprint density at radius 2 is 1.68 bits per heavy atom. The molecule has 0 N–H and O–H groups in total. The Kier molecular flexibility index (Phi) is 11.0. The highest BCUT2D eigenvalue weighted by atomic mass is 19.4. The quantitative estimate of drug-likeness (QED) is 0.188. The minimum atomic E-state index is -5.04. The molecule has 2 aromatic rings. The molecule has 258 valence electrons. The van der Waals surface area contributed by atoms with Gasteiger partial charge in [0.05, 0.1) is 24.8 Å². The van der Waals surface area contributed by atoms with Gasteiger partial charge < -0.3 is 19.1 Å². The predicted molar refractivity (Wildman–Crippen MR) is 153 cm³/mol. The van der Waals surface area contributed by atoms with Crippen LogP contribution in [0.4, 0.5) is 41.2 Å². The van der Waals surface area contributed by atoms with Crippen LogP contribution in [0.25, 0.3) is 0 Å². The van der Waals surface area contributed by atoms with E-state index in [0.29, 0.717) is 37.8 Å². The molecule has 4 rings (SSSR count). The molecule has 2 aliphatic rings. The average molecular weight is 677 g/mol. The van der Waals surface area contributed by atoms with Crippen molar-refractivity contribution in [3.8, 4) is 5.75 Å². The van der Waals surface area contributed by atoms with Gasteiger partial charge >= 0.3 is 24.6 Å². The molecule has 1 saturated carbocycles. The number of esters is 1. The number of halogens is 7. The number of carbonyl (C=O) groups is 3. The third kappa shape index (κ3) is 8.86. The Bertz CT molecular complexity index is 1460. The topological polar surface area (TPSA) is 85.4 Å². The van der Waals surface area contributed by atoms with E-state index in [-0.39, 0.29) is 54.2 Å². The van der Waals surface area contributed by atoms with E-state index in [1.807, 2.05) is 0 Å². The number of carbonyl (C=O) groups excluding carboxylic acids is 3. The fourth-order valence-corrected chi connectivity index (χ4v) is 6.17. The number of hydrogen-bond acceptors (Lipinski definition) is 6. The van der Waals surface area contributed by atoms with Crippen molar-refractivity contribution in [1.82, 2.24) is 4.90 Å². The van der Waals surface area contributed by atoms with Gasteiger partial charge in [-0.3, -0.25) is 14.5 Å². The third-order valence-corrected chi connectivity index (χ3v) is 8.42. The summed E-state index contributed by atoms with van der Waals surface area (Å²) in [5.74, 6) is -2.77. The molecular formula is C32H35F7N2O6. The monoisotopic (exact) mass is 676 g/mol. The number of anilines is 1. The van der Waals surface area contributed by atoms with Gasteiger partial charge in [-0.2, -0.15) is 13.2 Å². The molecule has 1 heterocycles. The summed E-state index contributed by atoms with van der Waals surface area (Å²) in [6.45, 7) is 4.83. The average Bonchev–Trinajstić information content (AvgIpc) is 3.26. The summed E-state index contributed by atoms with van der Waals surface area (Å²) < 4.78 is 108. The van der Waals surface area contributed by atoms with E-state index in [1.165, 1.54) is 17.9 Å². The first-order valence-corrected chi connectivity index (χ1v) is 15.2. The summed E-state index contributed by atoms with van der Waals surface area (Å²) >= 11 is 0. The Balaban J connectivity index is 1.60. The number of cyclic esters (lactones) is 1. The van der Waals surface area contributed by atoms with Crippen molar-refractivity contribution in [2.24, 2.45) is 11.8 Å².